The maximum atomic E-state index is 4.66. The fourth-order valence-corrected chi connectivity index (χ4v) is 3.94. The average molecular weight is 369 g/mol. The first-order valence-electron chi connectivity index (χ1n) is 10.3. The summed E-state index contributed by atoms with van der Waals surface area (Å²) in [4.78, 5) is 7.19. The highest BCUT2D eigenvalue weighted by Gasteiger charge is 2.10. The van der Waals surface area contributed by atoms with Gasteiger partial charge in [0.25, 0.3) is 0 Å². The lowest BCUT2D eigenvalue weighted by Crippen LogP contribution is -2.29. The lowest BCUT2D eigenvalue weighted by Gasteiger charge is -2.26. The Morgan fingerprint density at radius 1 is 0.857 bits per heavy atom. The van der Waals surface area contributed by atoms with Crippen molar-refractivity contribution in [3.63, 3.8) is 0 Å². The van der Waals surface area contributed by atoms with E-state index in [-0.39, 0.29) is 0 Å². The number of hydrogen-bond donors (Lipinski definition) is 0. The number of likely N-dealkylation sites (tertiary alicyclic amines) is 1. The van der Waals surface area contributed by atoms with E-state index in [1.807, 2.05) is 6.20 Å². The fraction of sp³-hybridized carbons (Fsp3) is 0.269. The summed E-state index contributed by atoms with van der Waals surface area (Å²) >= 11 is 0. The maximum absolute atomic E-state index is 4.66. The van der Waals surface area contributed by atoms with E-state index in [9.17, 15) is 0 Å². The van der Waals surface area contributed by atoms with Gasteiger partial charge >= 0.3 is 0 Å². The molecule has 142 valence electrons. The normalized spacial score (nSPS) is 15.2. The molecule has 0 aliphatic carbocycles. The fourth-order valence-electron chi connectivity index (χ4n) is 3.94. The van der Waals surface area contributed by atoms with Crippen LogP contribution in [0.1, 0.15) is 41.6 Å². The summed E-state index contributed by atoms with van der Waals surface area (Å²) in [6, 6.07) is 21.4. The van der Waals surface area contributed by atoms with Crippen LogP contribution in [0.4, 0.5) is 0 Å². The van der Waals surface area contributed by atoms with Crippen LogP contribution in [0.3, 0.4) is 0 Å². The minimum absolute atomic E-state index is 1.01. The van der Waals surface area contributed by atoms with Crippen LogP contribution in [-0.4, -0.2) is 23.0 Å². The van der Waals surface area contributed by atoms with Crippen molar-refractivity contribution in [2.45, 2.75) is 32.7 Å². The van der Waals surface area contributed by atoms with Crippen LogP contribution in [0, 0.1) is 6.92 Å². The minimum atomic E-state index is 1.01. The average Bonchev–Trinajstić information content (AvgIpc) is 2.75. The van der Waals surface area contributed by atoms with Crippen LogP contribution in [0.15, 0.2) is 66.9 Å². The summed E-state index contributed by atoms with van der Waals surface area (Å²) in [6.07, 6.45) is 10.4. The lowest BCUT2D eigenvalue weighted by atomic mass is 9.96. The predicted octanol–water partition coefficient (Wildman–Crippen LogP) is 6.21. The van der Waals surface area contributed by atoms with Gasteiger partial charge in [0, 0.05) is 12.7 Å². The van der Waals surface area contributed by atoms with Crippen molar-refractivity contribution in [3.8, 4) is 11.1 Å². The number of hydrogen-bond acceptors (Lipinski definition) is 2. The molecule has 3 aromatic rings. The van der Waals surface area contributed by atoms with E-state index in [4.69, 9.17) is 0 Å². The van der Waals surface area contributed by atoms with E-state index in [1.54, 1.807) is 0 Å². The molecule has 2 nitrogen and oxygen atoms in total. The Hall–Kier alpha value is -2.71. The molecule has 1 aromatic heterocycles. The van der Waals surface area contributed by atoms with Crippen LogP contribution in [-0.2, 0) is 6.54 Å². The van der Waals surface area contributed by atoms with Gasteiger partial charge < -0.3 is 0 Å². The van der Waals surface area contributed by atoms with Crippen LogP contribution in [0.2, 0.25) is 0 Å². The van der Waals surface area contributed by atoms with Crippen LogP contribution in [0.5, 0.6) is 0 Å². The zero-order valence-corrected chi connectivity index (χ0v) is 16.6. The van der Waals surface area contributed by atoms with Crippen molar-refractivity contribution in [2.75, 3.05) is 13.1 Å². The Bertz CT molecular complexity index is 920. The van der Waals surface area contributed by atoms with Gasteiger partial charge in [-0.2, -0.15) is 0 Å². The summed E-state index contributed by atoms with van der Waals surface area (Å²) in [5, 5.41) is 0. The summed E-state index contributed by atoms with van der Waals surface area (Å²) in [5.41, 5.74) is 7.39. The molecule has 0 saturated carbocycles. The smallest absolute Gasteiger partial charge is 0.0630 e. The largest absolute Gasteiger partial charge is 0.299 e. The summed E-state index contributed by atoms with van der Waals surface area (Å²) < 4.78 is 0. The lowest BCUT2D eigenvalue weighted by molar-refractivity contribution is 0.220. The Labute approximate surface area is 168 Å². The molecule has 0 radical (unpaired) electrons. The van der Waals surface area contributed by atoms with Crippen molar-refractivity contribution >= 4 is 12.2 Å². The number of aromatic nitrogens is 1. The van der Waals surface area contributed by atoms with Crippen molar-refractivity contribution < 1.29 is 0 Å². The van der Waals surface area contributed by atoms with Crippen molar-refractivity contribution in [1.82, 2.24) is 9.88 Å². The van der Waals surface area contributed by atoms with Gasteiger partial charge in [-0.3, -0.25) is 9.88 Å². The van der Waals surface area contributed by atoms with E-state index in [1.165, 1.54) is 60.2 Å². The molecule has 0 atom stereocenters. The van der Waals surface area contributed by atoms with Gasteiger partial charge in [0.15, 0.2) is 0 Å². The molecule has 1 saturated heterocycles. The number of rotatable bonds is 5. The van der Waals surface area contributed by atoms with Crippen LogP contribution >= 0.6 is 0 Å². The molecule has 28 heavy (non-hydrogen) atoms. The summed E-state index contributed by atoms with van der Waals surface area (Å²) in [6.45, 7) is 5.66. The van der Waals surface area contributed by atoms with E-state index >= 15 is 0 Å². The van der Waals surface area contributed by atoms with Gasteiger partial charge in [0.05, 0.1) is 5.69 Å². The number of pyridine rings is 1. The van der Waals surface area contributed by atoms with Gasteiger partial charge in [0.1, 0.15) is 0 Å². The zero-order valence-electron chi connectivity index (χ0n) is 16.6. The number of nitrogens with zero attached hydrogens (tertiary/aromatic N) is 2. The van der Waals surface area contributed by atoms with Crippen LogP contribution in [0.25, 0.3) is 23.3 Å². The topological polar surface area (TPSA) is 16.1 Å². The maximum Gasteiger partial charge on any atom is 0.0630 e. The third-order valence-corrected chi connectivity index (χ3v) is 5.60. The Kier molecular flexibility index (Phi) is 5.98. The predicted molar refractivity (Wildman–Crippen MR) is 119 cm³/mol. The number of piperidine rings is 1. The van der Waals surface area contributed by atoms with E-state index < -0.39 is 0 Å². The van der Waals surface area contributed by atoms with E-state index in [0.717, 1.165) is 12.2 Å². The first kappa shape index (κ1) is 18.6. The van der Waals surface area contributed by atoms with Crippen LogP contribution < -0.4 is 0 Å². The Morgan fingerprint density at radius 2 is 1.68 bits per heavy atom. The summed E-state index contributed by atoms with van der Waals surface area (Å²) in [7, 11) is 0. The molecule has 0 unspecified atom stereocenters. The molecule has 4 rings (SSSR count). The van der Waals surface area contributed by atoms with Gasteiger partial charge in [-0.05, 0) is 72.8 Å². The van der Waals surface area contributed by atoms with E-state index in [0.29, 0.717) is 0 Å². The monoisotopic (exact) mass is 368 g/mol. The standard InChI is InChI=1S/C26H28N2/c1-21-23(11-8-12-26(21)24-9-4-2-5-10-24)14-16-25-15-13-22(19-27-25)20-28-17-6-3-7-18-28/h2,4-5,8-16,19H,3,6-7,17-18,20H2,1H3/b16-14+. The molecular weight excluding hydrogens is 340 g/mol. The molecule has 2 heteroatoms. The minimum Gasteiger partial charge on any atom is -0.299 e. The van der Waals surface area contributed by atoms with Gasteiger partial charge in [0.2, 0.25) is 0 Å². The SMILES string of the molecule is Cc1c(/C=C/c2ccc(CN3CCCCC3)cn2)cccc1-c1ccccc1. The van der Waals surface area contributed by atoms with Gasteiger partial charge in [-0.1, -0.05) is 67.1 Å². The molecule has 2 aromatic carbocycles. The van der Waals surface area contributed by atoms with Gasteiger partial charge in [-0.25, -0.2) is 0 Å². The van der Waals surface area contributed by atoms with Crippen molar-refractivity contribution in [2.24, 2.45) is 0 Å². The quantitative estimate of drug-likeness (QED) is 0.532. The molecule has 1 aliphatic heterocycles. The second-order valence-electron chi connectivity index (χ2n) is 7.65. The first-order valence-corrected chi connectivity index (χ1v) is 10.3. The molecule has 0 spiro atoms. The number of benzene rings is 2. The highest BCUT2D eigenvalue weighted by molar-refractivity contribution is 5.76. The highest BCUT2D eigenvalue weighted by Crippen LogP contribution is 2.26. The molecular formula is C26H28N2. The first-order chi connectivity index (χ1) is 13.8. The highest BCUT2D eigenvalue weighted by atomic mass is 15.1. The second-order valence-corrected chi connectivity index (χ2v) is 7.65. The van der Waals surface area contributed by atoms with Crippen molar-refractivity contribution in [1.29, 1.82) is 0 Å². The third kappa shape index (κ3) is 4.58. The third-order valence-electron chi connectivity index (χ3n) is 5.60. The molecule has 0 amide bonds. The molecule has 0 N–H and O–H groups in total. The Morgan fingerprint density at radius 3 is 2.43 bits per heavy atom. The second kappa shape index (κ2) is 8.99. The van der Waals surface area contributed by atoms with Gasteiger partial charge in [-0.15, -0.1) is 0 Å². The summed E-state index contributed by atoms with van der Waals surface area (Å²) in [5.74, 6) is 0. The molecule has 0 bridgehead atoms. The Balaban J connectivity index is 1.47. The van der Waals surface area contributed by atoms with Crippen molar-refractivity contribution in [3.05, 3.63) is 89.2 Å². The molecule has 1 aliphatic rings. The zero-order chi connectivity index (χ0) is 19.2. The molecule has 2 heterocycles. The van der Waals surface area contributed by atoms with E-state index in [2.05, 4.69) is 89.6 Å². The molecule has 1 fully saturated rings.